The molecule has 0 fully saturated rings. The van der Waals surface area contributed by atoms with Crippen LogP contribution in [0.15, 0.2) is 12.3 Å². The lowest BCUT2D eigenvalue weighted by Gasteiger charge is -2.18. The van der Waals surface area contributed by atoms with Crippen molar-refractivity contribution >= 4 is 23.2 Å². The third-order valence-corrected chi connectivity index (χ3v) is 2.51. The first kappa shape index (κ1) is 13.8. The smallest absolute Gasteiger partial charge is 0.253 e. The summed E-state index contributed by atoms with van der Waals surface area (Å²) in [6.07, 6.45) is 2.29. The molecule has 0 bridgehead atoms. The third kappa shape index (κ3) is 4.61. The lowest BCUT2D eigenvalue weighted by Crippen LogP contribution is -2.28. The summed E-state index contributed by atoms with van der Waals surface area (Å²) in [5.74, 6) is -0.212. The molecule has 4 nitrogen and oxygen atoms in total. The second-order valence-corrected chi connectivity index (χ2v) is 5.55. The predicted molar refractivity (Wildman–Crippen MR) is 70.1 cm³/mol. The Bertz CT molecular complexity index is 413. The number of carbonyl (C=O) groups is 1. The zero-order chi connectivity index (χ0) is 13.1. The van der Waals surface area contributed by atoms with Crippen LogP contribution in [0.2, 0.25) is 5.15 Å². The zero-order valence-corrected chi connectivity index (χ0v) is 11.1. The standard InChI is InChI=1S/C12H18ClN3O/c1-12(2,3)4-5-15-11(17)8-6-10(13)16-7-9(8)14/h6-7H,4-5,14H2,1-3H3,(H,15,17). The number of rotatable bonds is 3. The van der Waals surface area contributed by atoms with Crippen LogP contribution in [0.4, 0.5) is 5.69 Å². The Morgan fingerprint density at radius 2 is 2.18 bits per heavy atom. The second kappa shape index (κ2) is 5.36. The number of pyridine rings is 1. The van der Waals surface area contributed by atoms with Crippen molar-refractivity contribution in [3.8, 4) is 0 Å². The van der Waals surface area contributed by atoms with Crippen molar-refractivity contribution in [3.63, 3.8) is 0 Å². The molecule has 0 aliphatic heterocycles. The van der Waals surface area contributed by atoms with Crippen molar-refractivity contribution in [2.75, 3.05) is 12.3 Å². The highest BCUT2D eigenvalue weighted by molar-refractivity contribution is 6.29. The molecule has 1 rings (SSSR count). The van der Waals surface area contributed by atoms with Gasteiger partial charge in [0, 0.05) is 6.54 Å². The summed E-state index contributed by atoms with van der Waals surface area (Å²) in [7, 11) is 0. The van der Waals surface area contributed by atoms with E-state index in [4.69, 9.17) is 17.3 Å². The van der Waals surface area contributed by atoms with Crippen LogP contribution < -0.4 is 11.1 Å². The molecule has 1 heterocycles. The maximum Gasteiger partial charge on any atom is 0.253 e. The Morgan fingerprint density at radius 1 is 1.53 bits per heavy atom. The number of hydrogen-bond acceptors (Lipinski definition) is 3. The number of aromatic nitrogens is 1. The van der Waals surface area contributed by atoms with Gasteiger partial charge in [0.15, 0.2) is 0 Å². The van der Waals surface area contributed by atoms with E-state index in [0.717, 1.165) is 6.42 Å². The molecule has 0 unspecified atom stereocenters. The van der Waals surface area contributed by atoms with Gasteiger partial charge in [0.05, 0.1) is 17.4 Å². The summed E-state index contributed by atoms with van der Waals surface area (Å²) in [4.78, 5) is 15.6. The molecule has 0 aliphatic carbocycles. The molecule has 0 saturated carbocycles. The summed E-state index contributed by atoms with van der Waals surface area (Å²) in [5, 5.41) is 3.08. The van der Waals surface area contributed by atoms with Gasteiger partial charge in [-0.3, -0.25) is 4.79 Å². The van der Waals surface area contributed by atoms with Gasteiger partial charge in [-0.05, 0) is 17.9 Å². The third-order valence-electron chi connectivity index (χ3n) is 2.31. The quantitative estimate of drug-likeness (QED) is 0.816. The van der Waals surface area contributed by atoms with Crippen LogP contribution in [-0.4, -0.2) is 17.4 Å². The molecule has 0 radical (unpaired) electrons. The van der Waals surface area contributed by atoms with Crippen molar-refractivity contribution in [2.45, 2.75) is 27.2 Å². The first-order valence-electron chi connectivity index (χ1n) is 5.49. The molecule has 0 spiro atoms. The predicted octanol–water partition coefficient (Wildman–Crippen LogP) is 2.48. The van der Waals surface area contributed by atoms with Gasteiger partial charge in [0.1, 0.15) is 5.15 Å². The molecule has 0 aliphatic rings. The number of nitrogen functional groups attached to an aromatic ring is 1. The maximum absolute atomic E-state index is 11.8. The van der Waals surface area contributed by atoms with Crippen LogP contribution in [0.25, 0.3) is 0 Å². The molecular formula is C12H18ClN3O. The van der Waals surface area contributed by atoms with Gasteiger partial charge >= 0.3 is 0 Å². The number of nitrogens with two attached hydrogens (primary N) is 1. The van der Waals surface area contributed by atoms with Crippen molar-refractivity contribution in [2.24, 2.45) is 5.41 Å². The number of nitrogens with zero attached hydrogens (tertiary/aromatic N) is 1. The lowest BCUT2D eigenvalue weighted by atomic mass is 9.92. The number of amides is 1. The number of nitrogens with one attached hydrogen (secondary N) is 1. The average molecular weight is 256 g/mol. The Morgan fingerprint density at radius 3 is 2.76 bits per heavy atom. The summed E-state index contributed by atoms with van der Waals surface area (Å²) in [6.45, 7) is 6.98. The van der Waals surface area contributed by atoms with E-state index < -0.39 is 0 Å². The van der Waals surface area contributed by atoms with E-state index in [1.165, 1.54) is 12.3 Å². The molecule has 1 amide bonds. The normalized spacial score (nSPS) is 11.3. The highest BCUT2D eigenvalue weighted by Gasteiger charge is 2.13. The van der Waals surface area contributed by atoms with E-state index >= 15 is 0 Å². The Hall–Kier alpha value is -1.29. The molecule has 1 aromatic rings. The lowest BCUT2D eigenvalue weighted by molar-refractivity contribution is 0.0950. The summed E-state index contributed by atoms with van der Waals surface area (Å²) >= 11 is 5.72. The molecule has 0 atom stereocenters. The topological polar surface area (TPSA) is 68.0 Å². The summed E-state index contributed by atoms with van der Waals surface area (Å²) in [5.41, 5.74) is 6.56. The van der Waals surface area contributed by atoms with Gasteiger partial charge in [-0.1, -0.05) is 32.4 Å². The molecule has 0 aromatic carbocycles. The van der Waals surface area contributed by atoms with Gasteiger partial charge in [0.25, 0.3) is 5.91 Å². The van der Waals surface area contributed by atoms with Crippen LogP contribution in [0.3, 0.4) is 0 Å². The van der Waals surface area contributed by atoms with Crippen LogP contribution in [0.1, 0.15) is 37.6 Å². The van der Waals surface area contributed by atoms with Gasteiger partial charge in [-0.15, -0.1) is 0 Å². The first-order valence-corrected chi connectivity index (χ1v) is 5.86. The number of hydrogen-bond donors (Lipinski definition) is 2. The van der Waals surface area contributed by atoms with Crippen molar-refractivity contribution < 1.29 is 4.79 Å². The number of halogens is 1. The molecule has 1 aromatic heterocycles. The van der Waals surface area contributed by atoms with E-state index in [1.54, 1.807) is 0 Å². The maximum atomic E-state index is 11.8. The summed E-state index contributed by atoms with van der Waals surface area (Å²) in [6, 6.07) is 1.48. The number of carbonyl (C=O) groups excluding carboxylic acids is 1. The first-order chi connectivity index (χ1) is 7.79. The van der Waals surface area contributed by atoms with E-state index in [-0.39, 0.29) is 16.5 Å². The van der Waals surface area contributed by atoms with Crippen molar-refractivity contribution in [3.05, 3.63) is 23.0 Å². The highest BCUT2D eigenvalue weighted by atomic mass is 35.5. The minimum absolute atomic E-state index is 0.189. The van der Waals surface area contributed by atoms with Crippen LogP contribution in [0, 0.1) is 5.41 Å². The monoisotopic (exact) mass is 255 g/mol. The highest BCUT2D eigenvalue weighted by Crippen LogP contribution is 2.18. The Labute approximate surface area is 107 Å². The fourth-order valence-electron chi connectivity index (χ4n) is 1.28. The van der Waals surface area contributed by atoms with Gasteiger partial charge in [0.2, 0.25) is 0 Å². The van der Waals surface area contributed by atoms with Crippen molar-refractivity contribution in [1.29, 1.82) is 0 Å². The SMILES string of the molecule is CC(C)(C)CCNC(=O)c1cc(Cl)ncc1N. The summed E-state index contributed by atoms with van der Waals surface area (Å²) < 4.78 is 0. The Balaban J connectivity index is 2.61. The minimum Gasteiger partial charge on any atom is -0.397 e. The van der Waals surface area contributed by atoms with Crippen molar-refractivity contribution in [1.82, 2.24) is 10.3 Å². The van der Waals surface area contributed by atoms with Crippen LogP contribution >= 0.6 is 11.6 Å². The minimum atomic E-state index is -0.212. The number of anilines is 1. The van der Waals surface area contributed by atoms with E-state index in [0.29, 0.717) is 17.8 Å². The average Bonchev–Trinajstić information content (AvgIpc) is 2.19. The molecular weight excluding hydrogens is 238 g/mol. The molecule has 94 valence electrons. The van der Waals surface area contributed by atoms with Gasteiger partial charge in [-0.2, -0.15) is 0 Å². The second-order valence-electron chi connectivity index (χ2n) is 5.16. The van der Waals surface area contributed by atoms with Gasteiger partial charge < -0.3 is 11.1 Å². The molecule has 3 N–H and O–H groups in total. The van der Waals surface area contributed by atoms with Crippen LogP contribution in [-0.2, 0) is 0 Å². The van der Waals surface area contributed by atoms with Crippen LogP contribution in [0.5, 0.6) is 0 Å². The molecule has 17 heavy (non-hydrogen) atoms. The Kier molecular flexibility index (Phi) is 4.34. The van der Waals surface area contributed by atoms with E-state index in [9.17, 15) is 4.79 Å². The van der Waals surface area contributed by atoms with E-state index in [1.807, 2.05) is 0 Å². The zero-order valence-electron chi connectivity index (χ0n) is 10.4. The molecule has 0 saturated heterocycles. The molecule has 5 heteroatoms. The van der Waals surface area contributed by atoms with E-state index in [2.05, 4.69) is 31.1 Å². The van der Waals surface area contributed by atoms with Gasteiger partial charge in [-0.25, -0.2) is 4.98 Å². The fraction of sp³-hybridized carbons (Fsp3) is 0.500. The fourth-order valence-corrected chi connectivity index (χ4v) is 1.44. The largest absolute Gasteiger partial charge is 0.397 e.